The summed E-state index contributed by atoms with van der Waals surface area (Å²) in [6.07, 6.45) is 0. The molecule has 0 N–H and O–H groups in total. The first-order chi connectivity index (χ1) is 10.3. The Bertz CT molecular complexity index is 805. The molecule has 3 heteroatoms. The molecule has 1 aromatic heterocycles. The second-order valence-electron chi connectivity index (χ2n) is 7.12. The van der Waals surface area contributed by atoms with Crippen molar-refractivity contribution in [1.29, 1.82) is 0 Å². The van der Waals surface area contributed by atoms with E-state index in [9.17, 15) is 0 Å². The van der Waals surface area contributed by atoms with Gasteiger partial charge in [-0.1, -0.05) is 50.3 Å². The molecule has 3 rings (SSSR count). The van der Waals surface area contributed by atoms with Crippen molar-refractivity contribution in [1.82, 2.24) is 15.0 Å². The third-order valence-electron chi connectivity index (χ3n) is 4.28. The molecular formula is C19H23N3. The van der Waals surface area contributed by atoms with E-state index in [4.69, 9.17) is 0 Å². The van der Waals surface area contributed by atoms with Crippen LogP contribution in [0.25, 0.3) is 11.0 Å². The molecule has 0 aliphatic carbocycles. The quantitative estimate of drug-likeness (QED) is 0.701. The van der Waals surface area contributed by atoms with Crippen LogP contribution in [0.2, 0.25) is 0 Å². The summed E-state index contributed by atoms with van der Waals surface area (Å²) in [4.78, 5) is 0. The largest absolute Gasteiger partial charge is 0.240 e. The highest BCUT2D eigenvalue weighted by Crippen LogP contribution is 2.23. The maximum atomic E-state index is 4.31. The fourth-order valence-electron chi connectivity index (χ4n) is 2.62. The van der Waals surface area contributed by atoms with E-state index in [0.29, 0.717) is 0 Å². The Morgan fingerprint density at radius 1 is 0.955 bits per heavy atom. The molecule has 0 amide bonds. The van der Waals surface area contributed by atoms with Gasteiger partial charge in [0.25, 0.3) is 0 Å². The van der Waals surface area contributed by atoms with E-state index in [0.717, 1.165) is 17.6 Å². The summed E-state index contributed by atoms with van der Waals surface area (Å²) in [6.45, 7) is 11.7. The van der Waals surface area contributed by atoms with E-state index in [1.54, 1.807) is 0 Å². The zero-order valence-electron chi connectivity index (χ0n) is 14.0. The summed E-state index contributed by atoms with van der Waals surface area (Å²) in [6, 6.07) is 13.1. The molecule has 0 atom stereocenters. The summed E-state index contributed by atoms with van der Waals surface area (Å²) in [5.41, 5.74) is 7.39. The van der Waals surface area contributed by atoms with Crippen molar-refractivity contribution in [2.24, 2.45) is 0 Å². The smallest absolute Gasteiger partial charge is 0.113 e. The van der Waals surface area contributed by atoms with E-state index < -0.39 is 0 Å². The van der Waals surface area contributed by atoms with E-state index in [-0.39, 0.29) is 5.41 Å². The summed E-state index contributed by atoms with van der Waals surface area (Å²) < 4.78 is 1.98. The van der Waals surface area contributed by atoms with Gasteiger partial charge in [-0.15, -0.1) is 5.10 Å². The van der Waals surface area contributed by atoms with Crippen LogP contribution >= 0.6 is 0 Å². The average molecular weight is 293 g/mol. The lowest BCUT2D eigenvalue weighted by atomic mass is 9.87. The highest BCUT2D eigenvalue weighted by Gasteiger charge is 2.13. The fraction of sp³-hybridized carbons (Fsp3) is 0.368. The molecule has 2 aromatic carbocycles. The fourth-order valence-corrected chi connectivity index (χ4v) is 2.62. The summed E-state index contributed by atoms with van der Waals surface area (Å²) in [7, 11) is 0. The van der Waals surface area contributed by atoms with Crippen LogP contribution in [-0.4, -0.2) is 15.0 Å². The van der Waals surface area contributed by atoms with Gasteiger partial charge in [-0.2, -0.15) is 0 Å². The highest BCUT2D eigenvalue weighted by atomic mass is 15.4. The average Bonchev–Trinajstić information content (AvgIpc) is 2.81. The maximum Gasteiger partial charge on any atom is 0.113 e. The number of hydrogen-bond acceptors (Lipinski definition) is 2. The number of rotatable bonds is 2. The Kier molecular flexibility index (Phi) is 3.51. The molecule has 3 aromatic rings. The molecule has 0 saturated heterocycles. The molecule has 0 aliphatic rings. The molecule has 0 saturated carbocycles. The SMILES string of the molecule is Cc1cc2nnn(Cc3ccc(C(C)(C)C)cc3)c2cc1C. The number of aromatic nitrogens is 3. The van der Waals surface area contributed by atoms with Crippen molar-refractivity contribution in [3.05, 3.63) is 58.7 Å². The minimum atomic E-state index is 0.188. The van der Waals surface area contributed by atoms with Gasteiger partial charge in [-0.3, -0.25) is 0 Å². The zero-order chi connectivity index (χ0) is 15.9. The number of nitrogens with zero attached hydrogens (tertiary/aromatic N) is 3. The molecule has 3 nitrogen and oxygen atoms in total. The lowest BCUT2D eigenvalue weighted by Crippen LogP contribution is -2.11. The Labute approximate surface area is 132 Å². The van der Waals surface area contributed by atoms with Crippen molar-refractivity contribution in [2.75, 3.05) is 0 Å². The number of aryl methyl sites for hydroxylation is 2. The number of fused-ring (bicyclic) bond motifs is 1. The molecule has 0 aliphatic heterocycles. The lowest BCUT2D eigenvalue weighted by Gasteiger charge is -2.19. The van der Waals surface area contributed by atoms with Gasteiger partial charge in [0, 0.05) is 0 Å². The van der Waals surface area contributed by atoms with Crippen molar-refractivity contribution >= 4 is 11.0 Å². The first kappa shape index (κ1) is 14.8. The van der Waals surface area contributed by atoms with Gasteiger partial charge in [0.2, 0.25) is 0 Å². The Morgan fingerprint density at radius 2 is 1.59 bits per heavy atom. The van der Waals surface area contributed by atoms with E-state index in [2.05, 4.69) is 81.3 Å². The molecule has 1 heterocycles. The third-order valence-corrected chi connectivity index (χ3v) is 4.28. The lowest BCUT2D eigenvalue weighted by molar-refractivity contribution is 0.589. The van der Waals surface area contributed by atoms with Gasteiger partial charge in [0.15, 0.2) is 0 Å². The summed E-state index contributed by atoms with van der Waals surface area (Å²) >= 11 is 0. The van der Waals surface area contributed by atoms with Gasteiger partial charge < -0.3 is 0 Å². The van der Waals surface area contributed by atoms with Crippen LogP contribution in [0.5, 0.6) is 0 Å². The molecule has 0 unspecified atom stereocenters. The van der Waals surface area contributed by atoms with Crippen molar-refractivity contribution in [2.45, 2.75) is 46.6 Å². The van der Waals surface area contributed by atoms with Gasteiger partial charge in [-0.05, 0) is 53.6 Å². The molecule has 0 fully saturated rings. The molecule has 114 valence electrons. The Balaban J connectivity index is 1.92. The first-order valence-electron chi connectivity index (χ1n) is 7.74. The molecule has 0 spiro atoms. The third kappa shape index (κ3) is 2.76. The normalized spacial score (nSPS) is 12.0. The topological polar surface area (TPSA) is 30.7 Å². The van der Waals surface area contributed by atoms with Crippen LogP contribution in [0, 0.1) is 13.8 Å². The standard InChI is InChI=1S/C19H23N3/c1-13-10-17-18(11-14(13)2)22(21-20-17)12-15-6-8-16(9-7-15)19(3,4)5/h6-11H,12H2,1-5H3. The van der Waals surface area contributed by atoms with Crippen LogP contribution < -0.4 is 0 Å². The predicted octanol–water partition coefficient (Wildman–Crippen LogP) is 4.39. The molecule has 0 bridgehead atoms. The number of hydrogen-bond donors (Lipinski definition) is 0. The first-order valence-corrected chi connectivity index (χ1v) is 7.74. The Morgan fingerprint density at radius 3 is 2.23 bits per heavy atom. The molecule has 0 radical (unpaired) electrons. The van der Waals surface area contributed by atoms with Gasteiger partial charge in [0.1, 0.15) is 5.52 Å². The highest BCUT2D eigenvalue weighted by molar-refractivity contribution is 5.76. The minimum Gasteiger partial charge on any atom is -0.240 e. The van der Waals surface area contributed by atoms with Crippen molar-refractivity contribution < 1.29 is 0 Å². The summed E-state index contributed by atoms with van der Waals surface area (Å²) in [5, 5.41) is 8.60. The van der Waals surface area contributed by atoms with E-state index in [1.165, 1.54) is 22.3 Å². The van der Waals surface area contributed by atoms with Crippen molar-refractivity contribution in [3.8, 4) is 0 Å². The summed E-state index contributed by atoms with van der Waals surface area (Å²) in [5.74, 6) is 0. The predicted molar refractivity (Wildman–Crippen MR) is 91.2 cm³/mol. The van der Waals surface area contributed by atoms with Gasteiger partial charge >= 0.3 is 0 Å². The van der Waals surface area contributed by atoms with Gasteiger partial charge in [-0.25, -0.2) is 4.68 Å². The zero-order valence-corrected chi connectivity index (χ0v) is 14.0. The maximum absolute atomic E-state index is 4.31. The van der Waals surface area contributed by atoms with Crippen molar-refractivity contribution in [3.63, 3.8) is 0 Å². The second kappa shape index (κ2) is 5.24. The Hall–Kier alpha value is -2.16. The van der Waals surface area contributed by atoms with Gasteiger partial charge in [0.05, 0.1) is 12.1 Å². The molecule has 22 heavy (non-hydrogen) atoms. The number of benzene rings is 2. The minimum absolute atomic E-state index is 0.188. The molecular weight excluding hydrogens is 270 g/mol. The van der Waals surface area contributed by atoms with Crippen LogP contribution in [0.15, 0.2) is 36.4 Å². The second-order valence-corrected chi connectivity index (χ2v) is 7.12. The van der Waals surface area contributed by atoms with Crippen LogP contribution in [0.3, 0.4) is 0 Å². The van der Waals surface area contributed by atoms with E-state index in [1.807, 2.05) is 4.68 Å². The van der Waals surface area contributed by atoms with Crippen LogP contribution in [-0.2, 0) is 12.0 Å². The van der Waals surface area contributed by atoms with Crippen LogP contribution in [0.1, 0.15) is 43.0 Å². The van der Waals surface area contributed by atoms with Crippen LogP contribution in [0.4, 0.5) is 0 Å². The van der Waals surface area contributed by atoms with E-state index >= 15 is 0 Å². The monoisotopic (exact) mass is 293 g/mol.